The summed E-state index contributed by atoms with van der Waals surface area (Å²) in [6, 6.07) is 2.87. The van der Waals surface area contributed by atoms with Gasteiger partial charge in [0.2, 0.25) is 5.91 Å². The number of aryl methyl sites for hydroxylation is 1. The lowest BCUT2D eigenvalue weighted by molar-refractivity contribution is -0.124. The van der Waals surface area contributed by atoms with Gasteiger partial charge in [0.1, 0.15) is 17.4 Å². The molecule has 8 heteroatoms. The molecule has 0 bridgehead atoms. The first-order valence-corrected chi connectivity index (χ1v) is 10.6. The second-order valence-electron chi connectivity index (χ2n) is 7.78. The van der Waals surface area contributed by atoms with Crippen LogP contribution in [0.3, 0.4) is 0 Å². The minimum atomic E-state index is -0.678. The van der Waals surface area contributed by atoms with Crippen molar-refractivity contribution in [3.8, 4) is 0 Å². The summed E-state index contributed by atoms with van der Waals surface area (Å²) in [5.74, 6) is 0.538. The Kier molecular flexibility index (Phi) is 5.71. The summed E-state index contributed by atoms with van der Waals surface area (Å²) < 4.78 is 8.57. The van der Waals surface area contributed by atoms with Crippen molar-refractivity contribution in [1.29, 1.82) is 0 Å². The van der Waals surface area contributed by atoms with Crippen molar-refractivity contribution in [2.24, 2.45) is 0 Å². The minimum absolute atomic E-state index is 0.184. The molecule has 1 saturated heterocycles. The van der Waals surface area contributed by atoms with Crippen LogP contribution in [-0.2, 0) is 11.2 Å². The van der Waals surface area contributed by atoms with Crippen LogP contribution in [0.15, 0.2) is 27.6 Å². The number of fused-ring (bicyclic) bond motifs is 3. The molecule has 1 atom stereocenters. The van der Waals surface area contributed by atoms with E-state index in [1.165, 1.54) is 30.4 Å². The molecule has 1 fully saturated rings. The van der Waals surface area contributed by atoms with E-state index in [1.54, 1.807) is 19.3 Å². The van der Waals surface area contributed by atoms with Crippen LogP contribution in [0.25, 0.3) is 16.6 Å². The van der Waals surface area contributed by atoms with Gasteiger partial charge in [0.25, 0.3) is 5.56 Å². The lowest BCUT2D eigenvalue weighted by atomic mass is 10.2. The lowest BCUT2D eigenvalue weighted by Gasteiger charge is -2.21. The second kappa shape index (κ2) is 8.41. The molecule has 4 heterocycles. The van der Waals surface area contributed by atoms with E-state index >= 15 is 0 Å². The van der Waals surface area contributed by atoms with Gasteiger partial charge in [-0.2, -0.15) is 5.10 Å². The number of carbonyl (C=O) groups excluding carboxylic acids is 1. The molecule has 0 aromatic carbocycles. The Morgan fingerprint density at radius 1 is 1.24 bits per heavy atom. The van der Waals surface area contributed by atoms with E-state index in [2.05, 4.69) is 15.3 Å². The maximum atomic E-state index is 13.0. The SMILES string of the molecule is CCc1nn([C@@H](C)C(=O)NCCN2CCCCCC2)c(=O)c2cc3occc3n12. The predicted molar refractivity (Wildman–Crippen MR) is 111 cm³/mol. The smallest absolute Gasteiger partial charge is 0.291 e. The van der Waals surface area contributed by atoms with Crippen LogP contribution in [0.5, 0.6) is 0 Å². The van der Waals surface area contributed by atoms with Gasteiger partial charge in [0.15, 0.2) is 5.58 Å². The average molecular weight is 399 g/mol. The molecule has 1 aliphatic heterocycles. The van der Waals surface area contributed by atoms with Gasteiger partial charge in [-0.15, -0.1) is 0 Å². The fourth-order valence-corrected chi connectivity index (χ4v) is 4.14. The van der Waals surface area contributed by atoms with Crippen LogP contribution < -0.4 is 10.9 Å². The highest BCUT2D eigenvalue weighted by Gasteiger charge is 2.22. The molecule has 156 valence electrons. The molecule has 1 aliphatic rings. The van der Waals surface area contributed by atoms with E-state index in [1.807, 2.05) is 17.4 Å². The number of furan rings is 1. The molecule has 3 aromatic rings. The monoisotopic (exact) mass is 399 g/mol. The van der Waals surface area contributed by atoms with E-state index in [4.69, 9.17) is 4.42 Å². The Morgan fingerprint density at radius 3 is 2.72 bits per heavy atom. The van der Waals surface area contributed by atoms with Crippen molar-refractivity contribution in [3.63, 3.8) is 0 Å². The zero-order valence-corrected chi connectivity index (χ0v) is 17.2. The number of nitrogens with zero attached hydrogens (tertiary/aromatic N) is 4. The third kappa shape index (κ3) is 3.81. The highest BCUT2D eigenvalue weighted by atomic mass is 16.3. The highest BCUT2D eigenvalue weighted by Crippen LogP contribution is 2.21. The topological polar surface area (TPSA) is 84.8 Å². The molecule has 0 saturated carbocycles. The summed E-state index contributed by atoms with van der Waals surface area (Å²) in [5, 5.41) is 7.48. The van der Waals surface area contributed by atoms with Crippen LogP contribution in [0.2, 0.25) is 0 Å². The zero-order chi connectivity index (χ0) is 20.4. The molecule has 0 spiro atoms. The van der Waals surface area contributed by atoms with Gasteiger partial charge in [-0.05, 0) is 32.9 Å². The minimum Gasteiger partial charge on any atom is -0.463 e. The zero-order valence-electron chi connectivity index (χ0n) is 17.2. The number of hydrogen-bond acceptors (Lipinski definition) is 5. The van der Waals surface area contributed by atoms with Crippen LogP contribution >= 0.6 is 0 Å². The van der Waals surface area contributed by atoms with Crippen LogP contribution in [0.4, 0.5) is 0 Å². The molecular formula is C21H29N5O3. The number of nitrogens with one attached hydrogen (secondary N) is 1. The first kappa shape index (κ1) is 19.7. The Morgan fingerprint density at radius 2 is 2.00 bits per heavy atom. The quantitative estimate of drug-likeness (QED) is 0.688. The van der Waals surface area contributed by atoms with Gasteiger partial charge in [-0.3, -0.25) is 14.0 Å². The molecule has 1 N–H and O–H groups in total. The van der Waals surface area contributed by atoms with Gasteiger partial charge in [0.05, 0.1) is 11.8 Å². The first-order chi connectivity index (χ1) is 14.1. The van der Waals surface area contributed by atoms with Crippen molar-refractivity contribution >= 4 is 22.5 Å². The van der Waals surface area contributed by atoms with E-state index in [0.717, 1.165) is 31.0 Å². The fraction of sp³-hybridized carbons (Fsp3) is 0.571. The lowest BCUT2D eigenvalue weighted by Crippen LogP contribution is -2.41. The molecule has 0 unspecified atom stereocenters. The van der Waals surface area contributed by atoms with Crippen molar-refractivity contribution in [1.82, 2.24) is 24.4 Å². The van der Waals surface area contributed by atoms with Gasteiger partial charge in [-0.1, -0.05) is 19.8 Å². The standard InChI is InChI=1S/C21H29N5O3/c1-3-19-23-26(21(28)17-14-18-16(25(17)19)8-13-29-18)15(2)20(27)22-9-12-24-10-6-4-5-7-11-24/h8,13-15H,3-7,9-12H2,1-2H3,(H,22,27)/t15-/m0/s1. The summed E-state index contributed by atoms with van der Waals surface area (Å²) >= 11 is 0. The van der Waals surface area contributed by atoms with E-state index in [-0.39, 0.29) is 11.5 Å². The maximum Gasteiger partial charge on any atom is 0.291 e. The Hall–Kier alpha value is -2.61. The molecule has 0 radical (unpaired) electrons. The molecule has 3 aromatic heterocycles. The normalized spacial score (nSPS) is 16.9. The Labute approximate surface area is 169 Å². The number of carbonyl (C=O) groups is 1. The Bertz CT molecular complexity index is 1060. The number of rotatable bonds is 6. The summed E-state index contributed by atoms with van der Waals surface area (Å²) in [7, 11) is 0. The van der Waals surface area contributed by atoms with E-state index < -0.39 is 6.04 Å². The number of likely N-dealkylation sites (tertiary alicyclic amines) is 1. The number of aromatic nitrogens is 3. The summed E-state index contributed by atoms with van der Waals surface area (Å²) in [4.78, 5) is 28.1. The van der Waals surface area contributed by atoms with Crippen molar-refractivity contribution in [2.45, 2.75) is 52.0 Å². The third-order valence-corrected chi connectivity index (χ3v) is 5.82. The van der Waals surface area contributed by atoms with E-state index in [0.29, 0.717) is 24.1 Å². The van der Waals surface area contributed by atoms with Crippen molar-refractivity contribution in [3.05, 3.63) is 34.6 Å². The molecule has 0 aliphatic carbocycles. The van der Waals surface area contributed by atoms with Crippen molar-refractivity contribution in [2.75, 3.05) is 26.2 Å². The molecule has 29 heavy (non-hydrogen) atoms. The summed E-state index contributed by atoms with van der Waals surface area (Å²) in [6.07, 6.45) is 7.27. The maximum absolute atomic E-state index is 13.0. The second-order valence-corrected chi connectivity index (χ2v) is 7.78. The molecule has 8 nitrogen and oxygen atoms in total. The van der Waals surface area contributed by atoms with Crippen LogP contribution in [0, 0.1) is 0 Å². The third-order valence-electron chi connectivity index (χ3n) is 5.82. The Balaban J connectivity index is 1.51. The summed E-state index contributed by atoms with van der Waals surface area (Å²) in [5.41, 5.74) is 1.66. The number of hydrogen-bond donors (Lipinski definition) is 1. The van der Waals surface area contributed by atoms with Gasteiger partial charge in [-0.25, -0.2) is 4.68 Å². The fourth-order valence-electron chi connectivity index (χ4n) is 4.14. The van der Waals surface area contributed by atoms with E-state index in [9.17, 15) is 9.59 Å². The van der Waals surface area contributed by atoms with Crippen LogP contribution in [-0.4, -0.2) is 51.2 Å². The van der Waals surface area contributed by atoms with Crippen molar-refractivity contribution < 1.29 is 9.21 Å². The average Bonchev–Trinajstić information content (AvgIpc) is 3.22. The predicted octanol–water partition coefficient (Wildman–Crippen LogP) is 2.36. The highest BCUT2D eigenvalue weighted by molar-refractivity contribution is 5.83. The van der Waals surface area contributed by atoms with Gasteiger partial charge >= 0.3 is 0 Å². The summed E-state index contributed by atoms with van der Waals surface area (Å²) in [6.45, 7) is 7.32. The van der Waals surface area contributed by atoms with Gasteiger partial charge in [0, 0.05) is 31.6 Å². The molecule has 1 amide bonds. The first-order valence-electron chi connectivity index (χ1n) is 10.6. The molecule has 4 rings (SSSR count). The van der Waals surface area contributed by atoms with Gasteiger partial charge < -0.3 is 14.6 Å². The van der Waals surface area contributed by atoms with Crippen LogP contribution in [0.1, 0.15) is 51.4 Å². The molecular weight excluding hydrogens is 370 g/mol. The number of amides is 1. The largest absolute Gasteiger partial charge is 0.463 e.